The first-order valence-electron chi connectivity index (χ1n) is 5.75. The summed E-state index contributed by atoms with van der Waals surface area (Å²) < 4.78 is 6.13. The lowest BCUT2D eigenvalue weighted by molar-refractivity contribution is -0.386. The van der Waals surface area contributed by atoms with Crippen LogP contribution in [0.25, 0.3) is 0 Å². The first kappa shape index (κ1) is 13.9. The normalized spacial score (nSPS) is 21.8. The maximum atomic E-state index is 11.5. The van der Waals surface area contributed by atoms with Crippen molar-refractivity contribution in [3.05, 3.63) is 37.1 Å². The summed E-state index contributed by atoms with van der Waals surface area (Å²) in [7, 11) is 0. The SMILES string of the molecule is O=C(O)C1CCC(Cn2cc([N+](=O)[O-])c(=O)[nH]c2=O)O1. The van der Waals surface area contributed by atoms with E-state index in [0.29, 0.717) is 12.8 Å². The van der Waals surface area contributed by atoms with Gasteiger partial charge in [0.05, 0.1) is 23.8 Å². The largest absolute Gasteiger partial charge is 0.479 e. The number of hydrogen-bond acceptors (Lipinski definition) is 6. The van der Waals surface area contributed by atoms with Gasteiger partial charge in [0.15, 0.2) is 6.10 Å². The Kier molecular flexibility index (Phi) is 3.66. The van der Waals surface area contributed by atoms with Crippen LogP contribution in [0.5, 0.6) is 0 Å². The first-order chi connectivity index (χ1) is 9.38. The lowest BCUT2D eigenvalue weighted by atomic mass is 10.2. The predicted molar refractivity (Wildman–Crippen MR) is 63.5 cm³/mol. The van der Waals surface area contributed by atoms with Gasteiger partial charge < -0.3 is 9.84 Å². The highest BCUT2D eigenvalue weighted by molar-refractivity contribution is 5.72. The average Bonchev–Trinajstić information content (AvgIpc) is 2.80. The zero-order chi connectivity index (χ0) is 14.9. The van der Waals surface area contributed by atoms with Gasteiger partial charge in [-0.05, 0) is 12.8 Å². The number of nitro groups is 1. The van der Waals surface area contributed by atoms with Crippen molar-refractivity contribution in [3.8, 4) is 0 Å². The van der Waals surface area contributed by atoms with Crippen molar-refractivity contribution in [3.63, 3.8) is 0 Å². The zero-order valence-electron chi connectivity index (χ0n) is 10.1. The van der Waals surface area contributed by atoms with Crippen LogP contribution in [0.1, 0.15) is 12.8 Å². The van der Waals surface area contributed by atoms with Gasteiger partial charge in [0.2, 0.25) is 0 Å². The molecule has 1 aromatic heterocycles. The minimum atomic E-state index is -1.09. The molecule has 108 valence electrons. The van der Waals surface area contributed by atoms with Gasteiger partial charge in [0.25, 0.3) is 0 Å². The van der Waals surface area contributed by atoms with Crippen LogP contribution in [0.2, 0.25) is 0 Å². The van der Waals surface area contributed by atoms with Crippen LogP contribution >= 0.6 is 0 Å². The van der Waals surface area contributed by atoms with E-state index in [1.165, 1.54) is 0 Å². The molecule has 2 atom stereocenters. The van der Waals surface area contributed by atoms with E-state index < -0.39 is 40.0 Å². The fourth-order valence-electron chi connectivity index (χ4n) is 2.00. The molecule has 1 aromatic rings. The molecule has 0 radical (unpaired) electrons. The van der Waals surface area contributed by atoms with Crippen molar-refractivity contribution in [1.29, 1.82) is 0 Å². The van der Waals surface area contributed by atoms with Crippen molar-refractivity contribution < 1.29 is 19.6 Å². The second-order valence-electron chi connectivity index (χ2n) is 4.35. The average molecular weight is 285 g/mol. The van der Waals surface area contributed by atoms with Crippen LogP contribution in [-0.4, -0.2) is 37.8 Å². The first-order valence-corrected chi connectivity index (χ1v) is 5.75. The Balaban J connectivity index is 2.20. The molecular formula is C10H11N3O7. The molecule has 20 heavy (non-hydrogen) atoms. The topological polar surface area (TPSA) is 145 Å². The molecule has 1 aliphatic heterocycles. The summed E-state index contributed by atoms with van der Waals surface area (Å²) in [5.74, 6) is -1.09. The fourth-order valence-corrected chi connectivity index (χ4v) is 2.00. The van der Waals surface area contributed by atoms with Gasteiger partial charge in [-0.25, -0.2) is 9.59 Å². The standard InChI is InChI=1S/C10H11N3O7/c14-8-6(13(18)19)4-12(10(17)11-8)3-5-1-2-7(20-5)9(15)16/h4-5,7H,1-3H2,(H,15,16)(H,11,14,17). The summed E-state index contributed by atoms with van der Waals surface area (Å²) in [6.45, 7) is -0.0553. The van der Waals surface area contributed by atoms with E-state index in [1.807, 2.05) is 4.98 Å². The molecule has 1 fully saturated rings. The highest BCUT2D eigenvalue weighted by Crippen LogP contribution is 2.20. The number of carboxylic acids is 1. The molecule has 2 heterocycles. The number of aliphatic carboxylic acids is 1. The summed E-state index contributed by atoms with van der Waals surface area (Å²) in [6.07, 6.45) is 0.0718. The summed E-state index contributed by atoms with van der Waals surface area (Å²) in [6, 6.07) is 0. The summed E-state index contributed by atoms with van der Waals surface area (Å²) in [5.41, 5.74) is -2.63. The van der Waals surface area contributed by atoms with Crippen molar-refractivity contribution in [2.45, 2.75) is 31.6 Å². The Morgan fingerprint density at radius 2 is 2.25 bits per heavy atom. The lowest BCUT2D eigenvalue weighted by Gasteiger charge is -2.12. The minimum Gasteiger partial charge on any atom is -0.479 e. The summed E-state index contributed by atoms with van der Waals surface area (Å²) in [5, 5.41) is 19.4. The second-order valence-corrected chi connectivity index (χ2v) is 4.35. The number of carbonyl (C=O) groups is 1. The van der Waals surface area contributed by atoms with Crippen LogP contribution in [-0.2, 0) is 16.1 Å². The molecule has 0 aromatic carbocycles. The molecule has 0 spiro atoms. The van der Waals surface area contributed by atoms with Gasteiger partial charge >= 0.3 is 22.9 Å². The number of nitrogens with zero attached hydrogens (tertiary/aromatic N) is 2. The van der Waals surface area contributed by atoms with Crippen molar-refractivity contribution in [2.75, 3.05) is 0 Å². The highest BCUT2D eigenvalue weighted by Gasteiger charge is 2.31. The number of nitrogens with one attached hydrogen (secondary N) is 1. The number of H-pyrrole nitrogens is 1. The van der Waals surface area contributed by atoms with Gasteiger partial charge in [0.1, 0.15) is 0 Å². The third-order valence-corrected chi connectivity index (χ3v) is 2.97. The smallest absolute Gasteiger partial charge is 0.350 e. The Morgan fingerprint density at radius 3 is 2.80 bits per heavy atom. The van der Waals surface area contributed by atoms with E-state index in [0.717, 1.165) is 10.8 Å². The van der Waals surface area contributed by atoms with E-state index in [1.54, 1.807) is 0 Å². The van der Waals surface area contributed by atoms with Crippen molar-refractivity contribution in [1.82, 2.24) is 9.55 Å². The maximum Gasteiger partial charge on any atom is 0.350 e. The quantitative estimate of drug-likeness (QED) is 0.537. The summed E-state index contributed by atoms with van der Waals surface area (Å²) >= 11 is 0. The van der Waals surface area contributed by atoms with Crippen molar-refractivity contribution in [2.24, 2.45) is 0 Å². The Labute approximate surface area is 110 Å². The molecule has 0 bridgehead atoms. The maximum absolute atomic E-state index is 11.5. The van der Waals surface area contributed by atoms with Gasteiger partial charge in [0, 0.05) is 0 Å². The molecule has 0 amide bonds. The molecule has 2 unspecified atom stereocenters. The number of aromatic nitrogens is 2. The molecule has 1 aliphatic rings. The van der Waals surface area contributed by atoms with Crippen LogP contribution in [0.3, 0.4) is 0 Å². The molecule has 0 aliphatic carbocycles. The number of rotatable bonds is 4. The summed E-state index contributed by atoms with van der Waals surface area (Å²) in [4.78, 5) is 45.0. The van der Waals surface area contributed by atoms with Gasteiger partial charge in [-0.2, -0.15) is 0 Å². The van der Waals surface area contributed by atoms with Crippen LogP contribution in [0, 0.1) is 10.1 Å². The second kappa shape index (κ2) is 5.25. The Hall–Kier alpha value is -2.49. The van der Waals surface area contributed by atoms with Gasteiger partial charge in [-0.15, -0.1) is 0 Å². The van der Waals surface area contributed by atoms with E-state index in [-0.39, 0.29) is 6.54 Å². The van der Waals surface area contributed by atoms with Crippen LogP contribution in [0.4, 0.5) is 5.69 Å². The molecule has 0 saturated carbocycles. The van der Waals surface area contributed by atoms with E-state index in [2.05, 4.69) is 0 Å². The molecule has 10 nitrogen and oxygen atoms in total. The Bertz CT molecular complexity index is 662. The highest BCUT2D eigenvalue weighted by atomic mass is 16.6. The third-order valence-electron chi connectivity index (χ3n) is 2.97. The van der Waals surface area contributed by atoms with Crippen molar-refractivity contribution >= 4 is 11.7 Å². The molecule has 1 saturated heterocycles. The molecule has 10 heteroatoms. The number of hydrogen-bond donors (Lipinski definition) is 2. The molecule has 2 rings (SSSR count). The zero-order valence-corrected chi connectivity index (χ0v) is 10.1. The third kappa shape index (κ3) is 2.74. The minimum absolute atomic E-state index is 0.0553. The Morgan fingerprint density at radius 1 is 1.55 bits per heavy atom. The number of carboxylic acid groups (broad SMARTS) is 1. The van der Waals surface area contributed by atoms with Gasteiger partial charge in [-0.1, -0.05) is 0 Å². The van der Waals surface area contributed by atoms with E-state index in [9.17, 15) is 24.5 Å². The molecular weight excluding hydrogens is 274 g/mol. The number of ether oxygens (including phenoxy) is 1. The van der Waals surface area contributed by atoms with Gasteiger partial charge in [-0.3, -0.25) is 24.5 Å². The number of aromatic amines is 1. The van der Waals surface area contributed by atoms with E-state index in [4.69, 9.17) is 9.84 Å². The lowest BCUT2D eigenvalue weighted by Crippen LogP contribution is -2.34. The monoisotopic (exact) mass is 285 g/mol. The predicted octanol–water partition coefficient (Wildman–Crippen LogP) is -0.923. The van der Waals surface area contributed by atoms with Crippen LogP contribution in [0.15, 0.2) is 15.8 Å². The fraction of sp³-hybridized carbons (Fsp3) is 0.500. The molecule has 2 N–H and O–H groups in total. The van der Waals surface area contributed by atoms with E-state index >= 15 is 0 Å². The van der Waals surface area contributed by atoms with Crippen LogP contribution < -0.4 is 11.2 Å².